The minimum Gasteiger partial charge on any atom is -0.444 e. The van der Waals surface area contributed by atoms with Crippen LogP contribution in [0.25, 0.3) is 33.7 Å². The maximum Gasteiger partial charge on any atom is 0.252 e. The third kappa shape index (κ3) is 3.65. The molecule has 0 aliphatic heterocycles. The van der Waals surface area contributed by atoms with Crippen molar-refractivity contribution in [3.63, 3.8) is 0 Å². The average molecular weight is 423 g/mol. The first-order chi connectivity index (χ1) is 15.6. The summed E-state index contributed by atoms with van der Waals surface area (Å²) >= 11 is 0. The summed E-state index contributed by atoms with van der Waals surface area (Å²) in [7, 11) is 1.83. The van der Waals surface area contributed by atoms with Crippen molar-refractivity contribution in [1.29, 1.82) is 0 Å². The first-order valence-electron chi connectivity index (χ1n) is 10.3. The number of carbonyl (C=O) groups excluding carboxylic acids is 1. The number of carbonyl (C=O) groups is 1. The highest BCUT2D eigenvalue weighted by atomic mass is 16.3. The van der Waals surface area contributed by atoms with Gasteiger partial charge in [0.05, 0.1) is 34.6 Å². The van der Waals surface area contributed by atoms with E-state index < -0.39 is 0 Å². The summed E-state index contributed by atoms with van der Waals surface area (Å²) in [4.78, 5) is 22.5. The number of aryl methyl sites for hydroxylation is 2. The molecule has 0 aliphatic rings. The molecule has 3 aromatic heterocycles. The molecular weight excluding hydrogens is 402 g/mol. The van der Waals surface area contributed by atoms with Gasteiger partial charge in [0.25, 0.3) is 5.91 Å². The van der Waals surface area contributed by atoms with E-state index in [1.807, 2.05) is 80.7 Å². The molecule has 1 N–H and O–H groups in total. The molecule has 0 radical (unpaired) electrons. The van der Waals surface area contributed by atoms with E-state index in [0.29, 0.717) is 22.8 Å². The van der Waals surface area contributed by atoms with Gasteiger partial charge in [0, 0.05) is 18.2 Å². The van der Waals surface area contributed by atoms with Gasteiger partial charge in [-0.25, -0.2) is 9.97 Å². The lowest BCUT2D eigenvalue weighted by molar-refractivity contribution is 0.0952. The average Bonchev–Trinajstić information content (AvgIpc) is 3.42. The SMILES string of the molecule is Cc1nn(C)c2nc(-c3ccccc3)cc(C(=O)NCc3coc(-c4ccccc4)n3)c12. The van der Waals surface area contributed by atoms with Gasteiger partial charge in [-0.2, -0.15) is 5.10 Å². The summed E-state index contributed by atoms with van der Waals surface area (Å²) in [5.74, 6) is 0.311. The number of amides is 1. The minimum atomic E-state index is -0.213. The highest BCUT2D eigenvalue weighted by molar-refractivity contribution is 6.07. The van der Waals surface area contributed by atoms with Crippen molar-refractivity contribution in [2.45, 2.75) is 13.5 Å². The topological polar surface area (TPSA) is 85.8 Å². The summed E-state index contributed by atoms with van der Waals surface area (Å²) < 4.78 is 7.28. The van der Waals surface area contributed by atoms with Gasteiger partial charge in [0.15, 0.2) is 5.65 Å². The van der Waals surface area contributed by atoms with Gasteiger partial charge in [-0.1, -0.05) is 48.5 Å². The number of hydrogen-bond acceptors (Lipinski definition) is 5. The second-order valence-electron chi connectivity index (χ2n) is 7.52. The number of hydrogen-bond donors (Lipinski definition) is 1. The maximum absolute atomic E-state index is 13.2. The number of rotatable bonds is 5. The van der Waals surface area contributed by atoms with Crippen LogP contribution in [0, 0.1) is 6.92 Å². The van der Waals surface area contributed by atoms with E-state index in [0.717, 1.165) is 27.9 Å². The maximum atomic E-state index is 13.2. The largest absolute Gasteiger partial charge is 0.444 e. The number of aromatic nitrogens is 4. The fraction of sp³-hybridized carbons (Fsp3) is 0.120. The van der Waals surface area contributed by atoms with Crippen molar-refractivity contribution >= 4 is 16.9 Å². The monoisotopic (exact) mass is 423 g/mol. The minimum absolute atomic E-state index is 0.213. The molecule has 1 amide bonds. The molecule has 0 unspecified atom stereocenters. The van der Waals surface area contributed by atoms with Gasteiger partial charge >= 0.3 is 0 Å². The number of fused-ring (bicyclic) bond motifs is 1. The first-order valence-corrected chi connectivity index (χ1v) is 10.3. The standard InChI is InChI=1S/C25H21N5O2/c1-16-22-20(13-21(17-9-5-3-6-10-17)28-23(22)30(2)29-16)24(31)26-14-19-15-32-25(27-19)18-11-7-4-8-12-18/h3-13,15H,14H2,1-2H3,(H,26,31). The molecule has 0 spiro atoms. The molecular formula is C25H21N5O2. The molecule has 5 rings (SSSR count). The Balaban J connectivity index is 1.45. The predicted octanol–water partition coefficient (Wildman–Crippen LogP) is 4.53. The van der Waals surface area contributed by atoms with Crippen molar-refractivity contribution in [1.82, 2.24) is 25.1 Å². The second kappa shape index (κ2) is 8.11. The second-order valence-corrected chi connectivity index (χ2v) is 7.52. The molecule has 0 atom stereocenters. The molecule has 158 valence electrons. The third-order valence-corrected chi connectivity index (χ3v) is 5.29. The van der Waals surface area contributed by atoms with Gasteiger partial charge in [-0.3, -0.25) is 9.48 Å². The van der Waals surface area contributed by atoms with Gasteiger partial charge in [0.1, 0.15) is 6.26 Å². The van der Waals surface area contributed by atoms with E-state index in [4.69, 9.17) is 9.40 Å². The van der Waals surface area contributed by atoms with E-state index in [2.05, 4.69) is 15.4 Å². The number of nitrogens with zero attached hydrogens (tertiary/aromatic N) is 4. The van der Waals surface area contributed by atoms with E-state index in [1.54, 1.807) is 10.9 Å². The molecule has 5 aromatic rings. The van der Waals surface area contributed by atoms with Crippen LogP contribution in [0.5, 0.6) is 0 Å². The van der Waals surface area contributed by atoms with E-state index in [1.165, 1.54) is 0 Å². The number of oxazole rings is 1. The van der Waals surface area contributed by atoms with Crippen molar-refractivity contribution in [2.75, 3.05) is 0 Å². The van der Waals surface area contributed by atoms with E-state index in [-0.39, 0.29) is 12.5 Å². The highest BCUT2D eigenvalue weighted by Gasteiger charge is 2.19. The summed E-state index contributed by atoms with van der Waals surface area (Å²) in [5.41, 5.74) is 5.15. The summed E-state index contributed by atoms with van der Waals surface area (Å²) in [6.07, 6.45) is 1.56. The zero-order chi connectivity index (χ0) is 22.1. The Labute approximate surface area is 184 Å². The number of pyridine rings is 1. The fourth-order valence-electron chi connectivity index (χ4n) is 3.75. The molecule has 7 nitrogen and oxygen atoms in total. The van der Waals surface area contributed by atoms with Crippen LogP contribution in [0.3, 0.4) is 0 Å². The fourth-order valence-corrected chi connectivity index (χ4v) is 3.75. The van der Waals surface area contributed by atoms with Crippen molar-refractivity contribution < 1.29 is 9.21 Å². The lowest BCUT2D eigenvalue weighted by Gasteiger charge is -2.09. The summed E-state index contributed by atoms with van der Waals surface area (Å²) in [6, 6.07) is 21.3. The zero-order valence-electron chi connectivity index (χ0n) is 17.7. The van der Waals surface area contributed by atoms with Crippen molar-refractivity contribution in [2.24, 2.45) is 7.05 Å². The number of benzene rings is 2. The normalized spacial score (nSPS) is 11.1. The van der Waals surface area contributed by atoms with Crippen molar-refractivity contribution in [3.8, 4) is 22.7 Å². The predicted molar refractivity (Wildman–Crippen MR) is 122 cm³/mol. The number of nitrogens with one attached hydrogen (secondary N) is 1. The summed E-state index contributed by atoms with van der Waals surface area (Å²) in [6.45, 7) is 2.13. The van der Waals surface area contributed by atoms with E-state index >= 15 is 0 Å². The van der Waals surface area contributed by atoms with Crippen LogP contribution in [0.1, 0.15) is 21.7 Å². The smallest absolute Gasteiger partial charge is 0.252 e. The lowest BCUT2D eigenvalue weighted by atomic mass is 10.0. The molecule has 32 heavy (non-hydrogen) atoms. The van der Waals surface area contributed by atoms with Crippen LogP contribution in [0.2, 0.25) is 0 Å². The van der Waals surface area contributed by atoms with Crippen LogP contribution in [-0.4, -0.2) is 25.7 Å². The zero-order valence-corrected chi connectivity index (χ0v) is 17.7. The van der Waals surface area contributed by atoms with Crippen LogP contribution in [-0.2, 0) is 13.6 Å². The highest BCUT2D eigenvalue weighted by Crippen LogP contribution is 2.27. The van der Waals surface area contributed by atoms with Crippen molar-refractivity contribution in [3.05, 3.63) is 89.9 Å². The Kier molecular flexibility index (Phi) is 4.99. The first kappa shape index (κ1) is 19.7. The molecule has 7 heteroatoms. The van der Waals surface area contributed by atoms with E-state index in [9.17, 15) is 4.79 Å². The molecule has 0 saturated heterocycles. The van der Waals surface area contributed by atoms with Crippen LogP contribution >= 0.6 is 0 Å². The molecule has 0 bridgehead atoms. The van der Waals surface area contributed by atoms with Crippen LogP contribution < -0.4 is 5.32 Å². The summed E-state index contributed by atoms with van der Waals surface area (Å²) in [5, 5.41) is 8.18. The van der Waals surface area contributed by atoms with Crippen LogP contribution in [0.4, 0.5) is 0 Å². The Hall–Kier alpha value is -4.26. The Morgan fingerprint density at radius 2 is 1.69 bits per heavy atom. The Bertz CT molecular complexity index is 1400. The Morgan fingerprint density at radius 3 is 2.41 bits per heavy atom. The molecule has 0 saturated carbocycles. The molecule has 2 aromatic carbocycles. The quantitative estimate of drug-likeness (QED) is 0.449. The van der Waals surface area contributed by atoms with Gasteiger partial charge in [0.2, 0.25) is 5.89 Å². The molecule has 0 fully saturated rings. The van der Waals surface area contributed by atoms with Gasteiger partial charge in [-0.15, -0.1) is 0 Å². The lowest BCUT2D eigenvalue weighted by Crippen LogP contribution is -2.23. The Morgan fingerprint density at radius 1 is 1.00 bits per heavy atom. The molecule has 0 aliphatic carbocycles. The van der Waals surface area contributed by atoms with Gasteiger partial charge < -0.3 is 9.73 Å². The van der Waals surface area contributed by atoms with Crippen LogP contribution in [0.15, 0.2) is 77.4 Å². The van der Waals surface area contributed by atoms with Gasteiger partial charge in [-0.05, 0) is 25.1 Å². The molecule has 3 heterocycles. The third-order valence-electron chi connectivity index (χ3n) is 5.29.